The maximum Gasteiger partial charge on any atom is 0.124 e. The van der Waals surface area contributed by atoms with E-state index >= 15 is 0 Å². The van der Waals surface area contributed by atoms with Gasteiger partial charge in [-0.15, -0.1) is 0 Å². The molecule has 1 aliphatic rings. The fourth-order valence-corrected chi connectivity index (χ4v) is 1.80. The summed E-state index contributed by atoms with van der Waals surface area (Å²) < 4.78 is 0. The van der Waals surface area contributed by atoms with E-state index in [1.165, 1.54) is 5.56 Å². The molecule has 2 aromatic carbocycles. The molecule has 0 atom stereocenters. The van der Waals surface area contributed by atoms with E-state index in [2.05, 4.69) is 6.08 Å². The van der Waals surface area contributed by atoms with Crippen molar-refractivity contribution in [2.45, 2.75) is 0 Å². The smallest absolute Gasteiger partial charge is 0.124 e. The highest BCUT2D eigenvalue weighted by Gasteiger charge is 2.12. The summed E-state index contributed by atoms with van der Waals surface area (Å²) in [4.78, 5) is 0. The molecule has 0 amide bonds. The molecule has 1 N–H and O–H groups in total. The zero-order valence-electron chi connectivity index (χ0n) is 6.99. The molecule has 0 aromatic heterocycles. The molecule has 0 radical (unpaired) electrons. The van der Waals surface area contributed by atoms with Crippen molar-refractivity contribution < 1.29 is 5.11 Å². The van der Waals surface area contributed by atoms with E-state index in [0.717, 1.165) is 16.3 Å². The largest absolute Gasteiger partial charge is 0.507 e. The van der Waals surface area contributed by atoms with Gasteiger partial charge in [0.05, 0.1) is 0 Å². The van der Waals surface area contributed by atoms with Gasteiger partial charge >= 0.3 is 0 Å². The Morgan fingerprint density at radius 3 is 2.38 bits per heavy atom. The number of hydrogen-bond donors (Lipinski definition) is 1. The number of benzene rings is 2. The standard InChI is InChI=1S/C12H8O/c13-12-7-8-5-6-9(8)10-3-1-2-4-11(10)12/h1-7,13H. The number of fused-ring (bicyclic) bond motifs is 3. The minimum absolute atomic E-state index is 0.374. The highest BCUT2D eigenvalue weighted by atomic mass is 16.3. The third kappa shape index (κ3) is 0.760. The second kappa shape index (κ2) is 2.13. The highest BCUT2D eigenvalue weighted by molar-refractivity contribution is 6.04. The summed E-state index contributed by atoms with van der Waals surface area (Å²) in [5.41, 5.74) is 2.38. The molecule has 0 aliphatic heterocycles. The first-order valence-corrected chi connectivity index (χ1v) is 4.29. The van der Waals surface area contributed by atoms with Crippen LogP contribution in [0.4, 0.5) is 0 Å². The van der Waals surface area contributed by atoms with Crippen molar-refractivity contribution in [3.8, 4) is 5.75 Å². The average Bonchev–Trinajstić information content (AvgIpc) is 2.11. The summed E-state index contributed by atoms with van der Waals surface area (Å²) in [6.45, 7) is 0. The summed E-state index contributed by atoms with van der Waals surface area (Å²) in [5, 5.41) is 11.8. The van der Waals surface area contributed by atoms with Crippen molar-refractivity contribution in [1.29, 1.82) is 0 Å². The molecule has 1 nitrogen and oxygen atoms in total. The molecule has 0 bridgehead atoms. The van der Waals surface area contributed by atoms with Gasteiger partial charge in [0.2, 0.25) is 0 Å². The Labute approximate surface area is 75.9 Å². The lowest BCUT2D eigenvalue weighted by molar-refractivity contribution is 0.481. The van der Waals surface area contributed by atoms with Crippen LogP contribution in [0.25, 0.3) is 22.9 Å². The number of hydrogen-bond acceptors (Lipinski definition) is 1. The summed E-state index contributed by atoms with van der Waals surface area (Å²) >= 11 is 0. The number of phenolic OH excluding ortho intramolecular Hbond substituents is 1. The van der Waals surface area contributed by atoms with Crippen molar-refractivity contribution >= 4 is 22.9 Å². The van der Waals surface area contributed by atoms with Gasteiger partial charge < -0.3 is 5.11 Å². The second-order valence-corrected chi connectivity index (χ2v) is 3.28. The lowest BCUT2D eigenvalue weighted by Crippen LogP contribution is -1.91. The molecule has 1 aliphatic carbocycles. The first-order chi connectivity index (χ1) is 6.36. The van der Waals surface area contributed by atoms with Crippen LogP contribution in [0.15, 0.2) is 30.3 Å². The Hall–Kier alpha value is -1.76. The van der Waals surface area contributed by atoms with E-state index < -0.39 is 0 Å². The summed E-state index contributed by atoms with van der Waals surface area (Å²) in [5.74, 6) is 0.374. The Balaban J connectivity index is 2.55. The van der Waals surface area contributed by atoms with Gasteiger partial charge in [0, 0.05) is 5.39 Å². The quantitative estimate of drug-likeness (QED) is 0.547. The van der Waals surface area contributed by atoms with Crippen LogP contribution in [0.1, 0.15) is 11.1 Å². The van der Waals surface area contributed by atoms with Crippen LogP contribution in [0.5, 0.6) is 5.75 Å². The Kier molecular flexibility index (Phi) is 1.10. The zero-order chi connectivity index (χ0) is 8.84. The van der Waals surface area contributed by atoms with Crippen LogP contribution in [0, 0.1) is 0 Å². The van der Waals surface area contributed by atoms with Crippen molar-refractivity contribution in [1.82, 2.24) is 0 Å². The van der Waals surface area contributed by atoms with E-state index in [9.17, 15) is 5.11 Å². The van der Waals surface area contributed by atoms with E-state index in [4.69, 9.17) is 0 Å². The molecule has 62 valence electrons. The van der Waals surface area contributed by atoms with Crippen molar-refractivity contribution in [2.75, 3.05) is 0 Å². The van der Waals surface area contributed by atoms with Gasteiger partial charge in [0.1, 0.15) is 5.75 Å². The lowest BCUT2D eigenvalue weighted by Gasteiger charge is -2.14. The molecule has 0 saturated heterocycles. The topological polar surface area (TPSA) is 20.2 Å². The third-order valence-electron chi connectivity index (χ3n) is 2.53. The van der Waals surface area contributed by atoms with Gasteiger partial charge in [-0.05, 0) is 22.6 Å². The van der Waals surface area contributed by atoms with Crippen LogP contribution >= 0.6 is 0 Å². The van der Waals surface area contributed by atoms with Crippen LogP contribution < -0.4 is 0 Å². The lowest BCUT2D eigenvalue weighted by atomic mass is 9.91. The fraction of sp³-hybridized carbons (Fsp3) is 0. The number of rotatable bonds is 0. The molecule has 13 heavy (non-hydrogen) atoms. The zero-order valence-corrected chi connectivity index (χ0v) is 6.99. The molecule has 0 heterocycles. The Morgan fingerprint density at radius 2 is 1.69 bits per heavy atom. The third-order valence-corrected chi connectivity index (χ3v) is 2.53. The van der Waals surface area contributed by atoms with E-state index in [1.807, 2.05) is 36.4 Å². The minimum atomic E-state index is 0.374. The van der Waals surface area contributed by atoms with Gasteiger partial charge in [-0.3, -0.25) is 0 Å². The van der Waals surface area contributed by atoms with E-state index in [0.29, 0.717) is 5.75 Å². The van der Waals surface area contributed by atoms with Crippen molar-refractivity contribution in [2.24, 2.45) is 0 Å². The van der Waals surface area contributed by atoms with Crippen LogP contribution in [-0.4, -0.2) is 5.11 Å². The second-order valence-electron chi connectivity index (χ2n) is 3.28. The van der Waals surface area contributed by atoms with Gasteiger partial charge in [0.25, 0.3) is 0 Å². The Bertz CT molecular complexity index is 524. The molecule has 3 rings (SSSR count). The maximum atomic E-state index is 9.68. The average molecular weight is 168 g/mol. The van der Waals surface area contributed by atoms with Crippen molar-refractivity contribution in [3.63, 3.8) is 0 Å². The SMILES string of the molecule is Oc1cc2c(c3ccccc13)C=C2. The molecule has 2 aromatic rings. The van der Waals surface area contributed by atoms with Gasteiger partial charge in [-0.2, -0.15) is 0 Å². The fourth-order valence-electron chi connectivity index (χ4n) is 1.80. The first-order valence-electron chi connectivity index (χ1n) is 4.29. The Morgan fingerprint density at radius 1 is 0.923 bits per heavy atom. The predicted octanol–water partition coefficient (Wildman–Crippen LogP) is 3.03. The van der Waals surface area contributed by atoms with Gasteiger partial charge in [0.15, 0.2) is 0 Å². The predicted molar refractivity (Wildman–Crippen MR) is 54.5 cm³/mol. The first kappa shape index (κ1) is 6.72. The number of aromatic hydroxyl groups is 1. The summed E-state index contributed by atoms with van der Waals surface area (Å²) in [6.07, 6.45) is 4.10. The minimum Gasteiger partial charge on any atom is -0.507 e. The van der Waals surface area contributed by atoms with Crippen LogP contribution in [0.3, 0.4) is 0 Å². The monoisotopic (exact) mass is 168 g/mol. The molecule has 0 unspecified atom stereocenters. The van der Waals surface area contributed by atoms with Gasteiger partial charge in [-0.1, -0.05) is 36.4 Å². The molecule has 1 heteroatoms. The normalized spacial score (nSPS) is 12.6. The maximum absolute atomic E-state index is 9.68. The summed E-state index contributed by atoms with van der Waals surface area (Å²) in [7, 11) is 0. The van der Waals surface area contributed by atoms with Crippen LogP contribution in [0.2, 0.25) is 0 Å². The number of phenols is 1. The molecule has 0 saturated carbocycles. The highest BCUT2D eigenvalue weighted by Crippen LogP contribution is 2.36. The van der Waals surface area contributed by atoms with E-state index in [-0.39, 0.29) is 0 Å². The van der Waals surface area contributed by atoms with E-state index in [1.54, 1.807) is 0 Å². The van der Waals surface area contributed by atoms with Gasteiger partial charge in [-0.25, -0.2) is 0 Å². The molecular weight excluding hydrogens is 160 g/mol. The van der Waals surface area contributed by atoms with Crippen molar-refractivity contribution in [3.05, 3.63) is 41.5 Å². The van der Waals surface area contributed by atoms with Crippen LogP contribution in [-0.2, 0) is 0 Å². The molecular formula is C12H8O. The molecule has 0 fully saturated rings. The molecule has 0 spiro atoms. The summed E-state index contributed by atoms with van der Waals surface area (Å²) in [6, 6.07) is 9.73.